The van der Waals surface area contributed by atoms with Crippen molar-refractivity contribution in [3.63, 3.8) is 0 Å². The van der Waals surface area contributed by atoms with E-state index in [1.807, 2.05) is 0 Å². The molecule has 5 nitrogen and oxygen atoms in total. The second-order valence-electron chi connectivity index (χ2n) is 3.75. The molecule has 19 heavy (non-hydrogen) atoms. The summed E-state index contributed by atoms with van der Waals surface area (Å²) in [5.41, 5.74) is 5.26. The zero-order valence-electron chi connectivity index (χ0n) is 10.2. The van der Waals surface area contributed by atoms with Gasteiger partial charge in [0, 0.05) is 5.56 Å². The third-order valence-corrected chi connectivity index (χ3v) is 2.30. The molecule has 2 amide bonds. The van der Waals surface area contributed by atoms with Gasteiger partial charge in [0.1, 0.15) is 18.5 Å². The van der Waals surface area contributed by atoms with E-state index in [0.29, 0.717) is 0 Å². The Morgan fingerprint density at radius 3 is 2.79 bits per heavy atom. The smallest absolute Gasteiger partial charge is 0.253 e. The predicted octanol–water partition coefficient (Wildman–Crippen LogP) is -0.227. The summed E-state index contributed by atoms with van der Waals surface area (Å²) in [5.74, 6) is 2.93. The van der Waals surface area contributed by atoms with Crippen molar-refractivity contribution < 1.29 is 19.1 Å². The fourth-order valence-electron chi connectivity index (χ4n) is 1.29. The van der Waals surface area contributed by atoms with E-state index in [9.17, 15) is 14.0 Å². The Morgan fingerprint density at radius 1 is 1.53 bits per heavy atom. The minimum atomic E-state index is -0.880. The Bertz CT molecular complexity index is 561. The molecule has 0 spiro atoms. The van der Waals surface area contributed by atoms with Crippen LogP contribution in [0.2, 0.25) is 0 Å². The lowest BCUT2D eigenvalue weighted by Gasteiger charge is -2.11. The molecular formula is C13H13FN2O3. The first-order chi connectivity index (χ1) is 8.95. The molecule has 100 valence electrons. The first-order valence-corrected chi connectivity index (χ1v) is 5.45. The lowest BCUT2D eigenvalue weighted by molar-refractivity contribution is -0.119. The Hall–Kier alpha value is -2.39. The molecule has 0 aliphatic carbocycles. The van der Waals surface area contributed by atoms with Gasteiger partial charge in [-0.25, -0.2) is 4.39 Å². The number of hydrogen-bond acceptors (Lipinski definition) is 3. The van der Waals surface area contributed by atoms with Gasteiger partial charge in [0.15, 0.2) is 0 Å². The second-order valence-corrected chi connectivity index (χ2v) is 3.75. The van der Waals surface area contributed by atoms with Crippen molar-refractivity contribution in [2.45, 2.75) is 13.0 Å². The van der Waals surface area contributed by atoms with E-state index in [0.717, 1.165) is 12.1 Å². The van der Waals surface area contributed by atoms with Crippen LogP contribution in [0.3, 0.4) is 0 Å². The number of aliphatic hydroxyl groups excluding tert-OH is 1. The summed E-state index contributed by atoms with van der Waals surface area (Å²) in [5, 5.41) is 10.9. The van der Waals surface area contributed by atoms with Crippen LogP contribution in [-0.4, -0.2) is 29.6 Å². The Kier molecular flexibility index (Phi) is 5.03. The summed E-state index contributed by atoms with van der Waals surface area (Å²) in [6, 6.07) is 2.59. The summed E-state index contributed by atoms with van der Waals surface area (Å²) in [6.07, 6.45) is 0. The number of hydrogen-bond donors (Lipinski definition) is 3. The first-order valence-electron chi connectivity index (χ1n) is 5.45. The lowest BCUT2D eigenvalue weighted by Crippen LogP contribution is -2.42. The standard InChI is InChI=1S/C13H13FN2O3/c1-8(12(15)18)16-13(19)11-7-10(14)5-4-9(11)3-2-6-17/h4-5,7-8,17H,6H2,1H3,(H2,15,18)(H,16,19). The van der Waals surface area contributed by atoms with Crippen LogP contribution < -0.4 is 11.1 Å². The summed E-state index contributed by atoms with van der Waals surface area (Å²) in [7, 11) is 0. The Morgan fingerprint density at radius 2 is 2.21 bits per heavy atom. The third-order valence-electron chi connectivity index (χ3n) is 2.30. The molecule has 0 saturated carbocycles. The lowest BCUT2D eigenvalue weighted by atomic mass is 10.1. The van der Waals surface area contributed by atoms with Gasteiger partial charge in [0.25, 0.3) is 5.91 Å². The van der Waals surface area contributed by atoms with Gasteiger partial charge < -0.3 is 16.2 Å². The molecule has 0 radical (unpaired) electrons. The summed E-state index contributed by atoms with van der Waals surface area (Å²) >= 11 is 0. The van der Waals surface area contributed by atoms with Crippen molar-refractivity contribution in [3.8, 4) is 11.8 Å². The maximum atomic E-state index is 13.2. The fourth-order valence-corrected chi connectivity index (χ4v) is 1.29. The van der Waals surface area contributed by atoms with E-state index in [1.165, 1.54) is 13.0 Å². The number of primary amides is 1. The number of nitrogens with two attached hydrogens (primary N) is 1. The van der Waals surface area contributed by atoms with Crippen LogP contribution in [0, 0.1) is 17.7 Å². The van der Waals surface area contributed by atoms with E-state index in [4.69, 9.17) is 10.8 Å². The van der Waals surface area contributed by atoms with Gasteiger partial charge in [-0.05, 0) is 25.1 Å². The van der Waals surface area contributed by atoms with Crippen molar-refractivity contribution in [2.75, 3.05) is 6.61 Å². The van der Waals surface area contributed by atoms with Crippen LogP contribution in [0.15, 0.2) is 18.2 Å². The van der Waals surface area contributed by atoms with E-state index in [1.54, 1.807) is 0 Å². The van der Waals surface area contributed by atoms with Gasteiger partial charge in [-0.2, -0.15) is 0 Å². The number of aliphatic hydroxyl groups is 1. The van der Waals surface area contributed by atoms with Crippen LogP contribution in [0.25, 0.3) is 0 Å². The molecule has 1 aromatic carbocycles. The number of carbonyl (C=O) groups excluding carboxylic acids is 2. The average Bonchev–Trinajstić information content (AvgIpc) is 2.36. The molecule has 0 aliphatic rings. The predicted molar refractivity (Wildman–Crippen MR) is 66.5 cm³/mol. The first kappa shape index (κ1) is 14.7. The van der Waals surface area contributed by atoms with Crippen LogP contribution in [0.4, 0.5) is 4.39 Å². The second kappa shape index (κ2) is 6.52. The third kappa shape index (κ3) is 4.08. The molecule has 0 aromatic heterocycles. The van der Waals surface area contributed by atoms with Crippen molar-refractivity contribution >= 4 is 11.8 Å². The largest absolute Gasteiger partial charge is 0.384 e. The number of rotatable bonds is 3. The van der Waals surface area contributed by atoms with Gasteiger partial charge in [-0.15, -0.1) is 0 Å². The van der Waals surface area contributed by atoms with Crippen LogP contribution >= 0.6 is 0 Å². The topological polar surface area (TPSA) is 92.4 Å². The maximum absolute atomic E-state index is 13.2. The molecule has 0 bridgehead atoms. The highest BCUT2D eigenvalue weighted by Crippen LogP contribution is 2.10. The van der Waals surface area contributed by atoms with Gasteiger partial charge >= 0.3 is 0 Å². The summed E-state index contributed by atoms with van der Waals surface area (Å²) in [4.78, 5) is 22.7. The minimum Gasteiger partial charge on any atom is -0.384 e. The quantitative estimate of drug-likeness (QED) is 0.659. The Labute approximate surface area is 109 Å². The molecule has 1 rings (SSSR count). The van der Waals surface area contributed by atoms with Crippen molar-refractivity contribution in [2.24, 2.45) is 5.73 Å². The van der Waals surface area contributed by atoms with Crippen molar-refractivity contribution in [1.82, 2.24) is 5.32 Å². The van der Waals surface area contributed by atoms with Gasteiger partial charge in [0.2, 0.25) is 5.91 Å². The van der Waals surface area contributed by atoms with Gasteiger partial charge in [-0.3, -0.25) is 9.59 Å². The highest BCUT2D eigenvalue weighted by molar-refractivity contribution is 5.99. The van der Waals surface area contributed by atoms with E-state index >= 15 is 0 Å². The van der Waals surface area contributed by atoms with Crippen LogP contribution in [0.1, 0.15) is 22.8 Å². The molecule has 1 aromatic rings. The SMILES string of the molecule is CC(NC(=O)c1cc(F)ccc1C#CCO)C(N)=O. The minimum absolute atomic E-state index is 0.0194. The molecule has 4 N–H and O–H groups in total. The molecule has 0 heterocycles. The Balaban J connectivity index is 3.07. The summed E-state index contributed by atoms with van der Waals surface area (Å²) in [6.45, 7) is 1.04. The van der Waals surface area contributed by atoms with Gasteiger partial charge in [-0.1, -0.05) is 11.8 Å². The molecule has 1 atom stereocenters. The molecule has 0 aliphatic heterocycles. The number of amides is 2. The van der Waals surface area contributed by atoms with E-state index in [-0.39, 0.29) is 17.7 Å². The number of benzene rings is 1. The normalized spacial score (nSPS) is 11.1. The number of halogens is 1. The van der Waals surface area contributed by atoms with E-state index in [2.05, 4.69) is 17.2 Å². The zero-order chi connectivity index (χ0) is 14.4. The fraction of sp³-hybridized carbons (Fsp3) is 0.231. The monoisotopic (exact) mass is 264 g/mol. The molecule has 0 saturated heterocycles. The molecule has 0 fully saturated rings. The zero-order valence-corrected chi connectivity index (χ0v) is 10.2. The molecule has 1 unspecified atom stereocenters. The van der Waals surface area contributed by atoms with Gasteiger partial charge in [0.05, 0.1) is 5.56 Å². The van der Waals surface area contributed by atoms with Crippen molar-refractivity contribution in [3.05, 3.63) is 35.1 Å². The number of nitrogens with one attached hydrogen (secondary N) is 1. The van der Waals surface area contributed by atoms with Crippen molar-refractivity contribution in [1.29, 1.82) is 0 Å². The molecular weight excluding hydrogens is 251 g/mol. The van der Waals surface area contributed by atoms with E-state index < -0.39 is 23.7 Å². The van der Waals surface area contributed by atoms with Crippen LogP contribution in [-0.2, 0) is 4.79 Å². The maximum Gasteiger partial charge on any atom is 0.253 e. The highest BCUT2D eigenvalue weighted by atomic mass is 19.1. The highest BCUT2D eigenvalue weighted by Gasteiger charge is 2.16. The number of carbonyl (C=O) groups is 2. The average molecular weight is 264 g/mol. The van der Waals surface area contributed by atoms with Crippen LogP contribution in [0.5, 0.6) is 0 Å². The molecule has 6 heteroatoms. The summed E-state index contributed by atoms with van der Waals surface area (Å²) < 4.78 is 13.2.